The number of hydrogen-bond donors (Lipinski definition) is 2. The summed E-state index contributed by atoms with van der Waals surface area (Å²) in [6.07, 6.45) is -0.958. The first-order valence-electron chi connectivity index (χ1n) is 12.6. The van der Waals surface area contributed by atoms with Gasteiger partial charge in [-0.25, -0.2) is 9.59 Å². The fraction of sp³-hybridized carbons (Fsp3) is 0.464. The normalized spacial score (nSPS) is 24.6. The Morgan fingerprint density at radius 2 is 1.54 bits per heavy atom. The number of carbonyl (C=O) groups excluding carboxylic acids is 3. The molecule has 9 heteroatoms. The van der Waals surface area contributed by atoms with Crippen LogP contribution in [0.4, 0.5) is 9.59 Å². The molecule has 0 aromatic heterocycles. The number of piperidine rings is 1. The summed E-state index contributed by atoms with van der Waals surface area (Å²) >= 11 is 0. The van der Waals surface area contributed by atoms with Crippen LogP contribution >= 0.6 is 0 Å². The molecule has 0 spiro atoms. The Hall–Kier alpha value is -3.59. The van der Waals surface area contributed by atoms with Crippen LogP contribution in [0.25, 0.3) is 11.1 Å². The van der Waals surface area contributed by atoms with Crippen molar-refractivity contribution in [2.45, 2.75) is 62.8 Å². The van der Waals surface area contributed by atoms with Crippen LogP contribution in [0.3, 0.4) is 0 Å². The van der Waals surface area contributed by atoms with Gasteiger partial charge in [0.2, 0.25) is 5.91 Å². The second-order valence-electron chi connectivity index (χ2n) is 11.0. The quantitative estimate of drug-likeness (QED) is 0.653. The zero-order valence-electron chi connectivity index (χ0n) is 21.4. The Bertz CT molecular complexity index is 1160. The second kappa shape index (κ2) is 9.37. The average molecular weight is 508 g/mol. The van der Waals surface area contributed by atoms with Crippen LogP contribution in [0, 0.1) is 0 Å². The molecule has 3 amide bonds. The monoisotopic (exact) mass is 507 g/mol. The topological polar surface area (TPSA) is 120 Å². The average Bonchev–Trinajstić information content (AvgIpc) is 3.14. The maximum Gasteiger partial charge on any atom is 0.410 e. The lowest BCUT2D eigenvalue weighted by molar-refractivity contribution is -0.135. The van der Waals surface area contributed by atoms with Crippen LogP contribution < -0.4 is 11.1 Å². The molecule has 1 aliphatic carbocycles. The molecule has 2 aromatic rings. The number of carbonyl (C=O) groups is 3. The first kappa shape index (κ1) is 25.1. The number of nitrogens with zero attached hydrogens (tertiary/aromatic N) is 1. The third kappa shape index (κ3) is 4.75. The summed E-state index contributed by atoms with van der Waals surface area (Å²) in [4.78, 5) is 40.2. The summed E-state index contributed by atoms with van der Waals surface area (Å²) in [5.74, 6) is -0.724. The predicted molar refractivity (Wildman–Crippen MR) is 136 cm³/mol. The highest BCUT2D eigenvalue weighted by molar-refractivity contribution is 5.89. The Morgan fingerprint density at radius 3 is 2.05 bits per heavy atom. The minimum absolute atomic E-state index is 0.0595. The molecule has 2 aromatic carbocycles. The van der Waals surface area contributed by atoms with Gasteiger partial charge in [-0.15, -0.1) is 0 Å². The Labute approximate surface area is 216 Å². The molecule has 0 saturated carbocycles. The maximum absolute atomic E-state index is 13.4. The molecule has 37 heavy (non-hydrogen) atoms. The van der Waals surface area contributed by atoms with Gasteiger partial charge in [-0.05, 0) is 43.0 Å². The van der Waals surface area contributed by atoms with Gasteiger partial charge in [-0.1, -0.05) is 48.5 Å². The standard InChI is InChI=1S/C28H33N3O6/c1-27(2,3)37-25(33)30-28(24(29)32)12-17-14-35-15-18(13-28)31(17)26(34)36-16-23-21-10-6-4-8-19(21)20-9-5-7-11-22(20)23/h4-11,17-18,23H,12-16H2,1-3H3,(H2,29,32)(H,30,33). The number of hydrogen-bond acceptors (Lipinski definition) is 6. The molecule has 3 aliphatic rings. The van der Waals surface area contributed by atoms with Gasteiger partial charge in [0.05, 0.1) is 25.3 Å². The summed E-state index contributed by atoms with van der Waals surface area (Å²) in [6, 6.07) is 15.4. The van der Waals surface area contributed by atoms with E-state index in [2.05, 4.69) is 29.6 Å². The number of alkyl carbamates (subject to hydrolysis) is 1. The van der Waals surface area contributed by atoms with Crippen molar-refractivity contribution in [3.05, 3.63) is 59.7 Å². The van der Waals surface area contributed by atoms with Gasteiger partial charge >= 0.3 is 12.2 Å². The molecular formula is C28H33N3O6. The lowest BCUT2D eigenvalue weighted by atomic mass is 9.78. The molecule has 5 rings (SSSR count). The van der Waals surface area contributed by atoms with Gasteiger partial charge in [0.25, 0.3) is 0 Å². The maximum atomic E-state index is 13.4. The number of ether oxygens (including phenoxy) is 3. The first-order valence-corrected chi connectivity index (χ1v) is 12.6. The highest BCUT2D eigenvalue weighted by Gasteiger charge is 2.53. The van der Waals surface area contributed by atoms with Gasteiger partial charge in [0.15, 0.2) is 0 Å². The van der Waals surface area contributed by atoms with E-state index >= 15 is 0 Å². The molecule has 2 aliphatic heterocycles. The number of rotatable bonds is 4. The van der Waals surface area contributed by atoms with Gasteiger partial charge in [0, 0.05) is 18.8 Å². The lowest BCUT2D eigenvalue weighted by Gasteiger charge is -2.51. The van der Waals surface area contributed by atoms with Crippen molar-refractivity contribution >= 4 is 18.1 Å². The minimum atomic E-state index is -1.35. The van der Waals surface area contributed by atoms with Gasteiger partial charge in [0.1, 0.15) is 17.7 Å². The van der Waals surface area contributed by atoms with E-state index in [0.29, 0.717) is 0 Å². The Morgan fingerprint density at radius 1 is 1.00 bits per heavy atom. The number of morpholine rings is 1. The molecule has 2 saturated heterocycles. The molecule has 196 valence electrons. The SMILES string of the molecule is CC(C)(C)OC(=O)NC1(C(N)=O)CC2COCC(C1)N2C(=O)OCC1c2ccccc2-c2ccccc21. The Balaban J connectivity index is 1.31. The molecular weight excluding hydrogens is 474 g/mol. The van der Waals surface area contributed by atoms with E-state index in [-0.39, 0.29) is 38.6 Å². The highest BCUT2D eigenvalue weighted by atomic mass is 16.6. The van der Waals surface area contributed by atoms with Crippen LogP contribution in [0.1, 0.15) is 50.7 Å². The number of benzene rings is 2. The van der Waals surface area contributed by atoms with Crippen molar-refractivity contribution in [3.8, 4) is 11.1 Å². The smallest absolute Gasteiger partial charge is 0.410 e. The third-order valence-corrected chi connectivity index (χ3v) is 7.33. The second-order valence-corrected chi connectivity index (χ2v) is 11.0. The van der Waals surface area contributed by atoms with Crippen molar-refractivity contribution in [2.24, 2.45) is 5.73 Å². The molecule has 2 heterocycles. The van der Waals surface area contributed by atoms with Crippen LogP contribution in [-0.4, -0.2) is 66.0 Å². The zero-order valence-corrected chi connectivity index (χ0v) is 21.4. The van der Waals surface area contributed by atoms with Crippen molar-refractivity contribution < 1.29 is 28.6 Å². The van der Waals surface area contributed by atoms with Crippen LogP contribution in [0.5, 0.6) is 0 Å². The number of nitrogens with two attached hydrogens (primary N) is 1. The number of amides is 3. The van der Waals surface area contributed by atoms with Crippen molar-refractivity contribution in [1.82, 2.24) is 10.2 Å². The molecule has 9 nitrogen and oxygen atoms in total. The van der Waals surface area contributed by atoms with Crippen molar-refractivity contribution in [3.63, 3.8) is 0 Å². The van der Waals surface area contributed by atoms with Crippen molar-refractivity contribution in [2.75, 3.05) is 19.8 Å². The van der Waals surface area contributed by atoms with E-state index in [0.717, 1.165) is 22.3 Å². The largest absolute Gasteiger partial charge is 0.448 e. The molecule has 0 radical (unpaired) electrons. The number of nitrogens with one attached hydrogen (secondary N) is 1. The van der Waals surface area contributed by atoms with Gasteiger partial charge < -0.3 is 25.3 Å². The minimum Gasteiger partial charge on any atom is -0.448 e. The van der Waals surface area contributed by atoms with E-state index in [4.69, 9.17) is 19.9 Å². The van der Waals surface area contributed by atoms with E-state index in [9.17, 15) is 14.4 Å². The molecule has 2 fully saturated rings. The molecule has 2 unspecified atom stereocenters. The summed E-state index contributed by atoms with van der Waals surface area (Å²) in [5, 5.41) is 2.71. The summed E-state index contributed by atoms with van der Waals surface area (Å²) in [6.45, 7) is 5.85. The van der Waals surface area contributed by atoms with E-state index in [1.54, 1.807) is 25.7 Å². The first-order chi connectivity index (χ1) is 17.6. The molecule has 2 bridgehead atoms. The predicted octanol–water partition coefficient (Wildman–Crippen LogP) is 3.55. The summed E-state index contributed by atoms with van der Waals surface area (Å²) in [5.41, 5.74) is 8.28. The lowest BCUT2D eigenvalue weighted by Crippen LogP contribution is -2.71. The summed E-state index contributed by atoms with van der Waals surface area (Å²) in [7, 11) is 0. The number of primary amides is 1. The molecule has 3 N–H and O–H groups in total. The van der Waals surface area contributed by atoms with Gasteiger partial charge in [-0.3, -0.25) is 9.69 Å². The fourth-order valence-electron chi connectivity index (χ4n) is 5.83. The van der Waals surface area contributed by atoms with Crippen molar-refractivity contribution in [1.29, 1.82) is 0 Å². The zero-order chi connectivity index (χ0) is 26.4. The highest BCUT2D eigenvalue weighted by Crippen LogP contribution is 2.45. The molecule has 2 atom stereocenters. The van der Waals surface area contributed by atoms with Crippen LogP contribution in [0.2, 0.25) is 0 Å². The van der Waals surface area contributed by atoms with E-state index in [1.807, 2.05) is 24.3 Å². The third-order valence-electron chi connectivity index (χ3n) is 7.33. The van der Waals surface area contributed by atoms with E-state index < -0.39 is 41.3 Å². The van der Waals surface area contributed by atoms with Crippen LogP contribution in [0.15, 0.2) is 48.5 Å². The Kier molecular flexibility index (Phi) is 6.35. The number of fused-ring (bicyclic) bond motifs is 5. The fourth-order valence-corrected chi connectivity index (χ4v) is 5.83. The van der Waals surface area contributed by atoms with Gasteiger partial charge in [-0.2, -0.15) is 0 Å². The summed E-state index contributed by atoms with van der Waals surface area (Å²) < 4.78 is 17.0. The van der Waals surface area contributed by atoms with Crippen LogP contribution in [-0.2, 0) is 19.0 Å². The van der Waals surface area contributed by atoms with E-state index in [1.165, 1.54) is 0 Å².